The molecule has 1 aliphatic rings. The van der Waals surface area contributed by atoms with Crippen LogP contribution in [0.5, 0.6) is 5.88 Å². The summed E-state index contributed by atoms with van der Waals surface area (Å²) in [5.41, 5.74) is 0.0465. The van der Waals surface area contributed by atoms with E-state index in [1.165, 1.54) is 0 Å². The molecule has 88 valence electrons. The van der Waals surface area contributed by atoms with E-state index in [0.29, 0.717) is 18.4 Å². The summed E-state index contributed by atoms with van der Waals surface area (Å²) in [5.74, 6) is 1.26. The summed E-state index contributed by atoms with van der Waals surface area (Å²) in [5, 5.41) is 6.67. The largest absolute Gasteiger partial charge is 0.478 e. The van der Waals surface area contributed by atoms with Crippen LogP contribution in [0, 0.1) is 0 Å². The number of hydrogen-bond acceptors (Lipinski definition) is 5. The standard InChI is InChI=1S/C11H18N4O/c1-3-16-9-4-6-13-10(14-9)15-11(2)5-7-12-8-11/h4,6,12H,3,5,7-8H2,1-2H3,(H,13,14,15). The van der Waals surface area contributed by atoms with Gasteiger partial charge in [0.1, 0.15) is 0 Å². The lowest BCUT2D eigenvalue weighted by atomic mass is 10.0. The Labute approximate surface area is 95.6 Å². The topological polar surface area (TPSA) is 59.1 Å². The zero-order valence-corrected chi connectivity index (χ0v) is 9.79. The second-order valence-electron chi connectivity index (χ2n) is 4.26. The summed E-state index contributed by atoms with van der Waals surface area (Å²) in [6, 6.07) is 1.77. The van der Waals surface area contributed by atoms with Crippen molar-refractivity contribution in [2.45, 2.75) is 25.8 Å². The van der Waals surface area contributed by atoms with Crippen molar-refractivity contribution in [3.05, 3.63) is 12.3 Å². The highest BCUT2D eigenvalue weighted by Crippen LogP contribution is 2.19. The summed E-state index contributed by atoms with van der Waals surface area (Å²) >= 11 is 0. The van der Waals surface area contributed by atoms with Gasteiger partial charge in [-0.05, 0) is 26.8 Å². The van der Waals surface area contributed by atoms with Crippen molar-refractivity contribution in [1.29, 1.82) is 0 Å². The Bertz CT molecular complexity index is 350. The Hall–Kier alpha value is -1.36. The lowest BCUT2D eigenvalue weighted by Crippen LogP contribution is -2.37. The lowest BCUT2D eigenvalue weighted by molar-refractivity contribution is 0.326. The number of aromatic nitrogens is 2. The molecule has 0 amide bonds. The number of hydrogen-bond donors (Lipinski definition) is 2. The fourth-order valence-electron chi connectivity index (χ4n) is 1.82. The Balaban J connectivity index is 2.05. The average molecular weight is 222 g/mol. The van der Waals surface area contributed by atoms with Gasteiger partial charge in [0, 0.05) is 18.8 Å². The molecule has 2 N–H and O–H groups in total. The van der Waals surface area contributed by atoms with Gasteiger partial charge in [-0.25, -0.2) is 4.98 Å². The van der Waals surface area contributed by atoms with Crippen LogP contribution in [-0.4, -0.2) is 35.2 Å². The normalized spacial score (nSPS) is 24.4. The van der Waals surface area contributed by atoms with Gasteiger partial charge < -0.3 is 15.4 Å². The van der Waals surface area contributed by atoms with Gasteiger partial charge in [-0.15, -0.1) is 0 Å². The molecule has 0 spiro atoms. The van der Waals surface area contributed by atoms with E-state index in [1.807, 2.05) is 6.92 Å². The summed E-state index contributed by atoms with van der Waals surface area (Å²) in [4.78, 5) is 8.50. The van der Waals surface area contributed by atoms with E-state index in [9.17, 15) is 0 Å². The molecule has 2 rings (SSSR count). The van der Waals surface area contributed by atoms with Gasteiger partial charge in [0.15, 0.2) is 0 Å². The van der Waals surface area contributed by atoms with E-state index in [4.69, 9.17) is 4.74 Å². The molecule has 0 bridgehead atoms. The smallest absolute Gasteiger partial charge is 0.226 e. The number of nitrogens with zero attached hydrogens (tertiary/aromatic N) is 2. The molecule has 1 atom stereocenters. The second kappa shape index (κ2) is 4.65. The number of nitrogens with one attached hydrogen (secondary N) is 2. The Morgan fingerprint density at radius 1 is 1.62 bits per heavy atom. The van der Waals surface area contributed by atoms with Crippen molar-refractivity contribution in [2.75, 3.05) is 25.0 Å². The van der Waals surface area contributed by atoms with E-state index < -0.39 is 0 Å². The molecule has 1 unspecified atom stereocenters. The zero-order valence-electron chi connectivity index (χ0n) is 9.79. The van der Waals surface area contributed by atoms with E-state index in [0.717, 1.165) is 19.5 Å². The quantitative estimate of drug-likeness (QED) is 0.797. The van der Waals surface area contributed by atoms with Crippen LogP contribution in [-0.2, 0) is 0 Å². The SMILES string of the molecule is CCOc1ccnc(NC2(C)CCNC2)n1. The highest BCUT2D eigenvalue weighted by atomic mass is 16.5. The van der Waals surface area contributed by atoms with Crippen LogP contribution in [0.1, 0.15) is 20.3 Å². The minimum atomic E-state index is 0.0465. The van der Waals surface area contributed by atoms with Crippen molar-refractivity contribution in [1.82, 2.24) is 15.3 Å². The lowest BCUT2D eigenvalue weighted by Gasteiger charge is -2.24. The van der Waals surface area contributed by atoms with Crippen molar-refractivity contribution in [2.24, 2.45) is 0 Å². The molecule has 1 aromatic rings. The van der Waals surface area contributed by atoms with E-state index in [-0.39, 0.29) is 5.54 Å². The molecule has 2 heterocycles. The molecule has 1 aromatic heterocycles. The second-order valence-corrected chi connectivity index (χ2v) is 4.26. The first-order valence-corrected chi connectivity index (χ1v) is 5.67. The van der Waals surface area contributed by atoms with Crippen LogP contribution in [0.15, 0.2) is 12.3 Å². The summed E-state index contributed by atoms with van der Waals surface area (Å²) in [7, 11) is 0. The number of ether oxygens (including phenoxy) is 1. The van der Waals surface area contributed by atoms with Crippen molar-refractivity contribution in [3.8, 4) is 5.88 Å². The monoisotopic (exact) mass is 222 g/mol. The van der Waals surface area contributed by atoms with Gasteiger partial charge in [-0.2, -0.15) is 4.98 Å². The third kappa shape index (κ3) is 2.61. The first-order chi connectivity index (χ1) is 7.72. The predicted molar refractivity (Wildman–Crippen MR) is 62.7 cm³/mol. The van der Waals surface area contributed by atoms with Gasteiger partial charge in [0.2, 0.25) is 11.8 Å². The molecule has 1 saturated heterocycles. The Kier molecular flexibility index (Phi) is 3.24. The summed E-state index contributed by atoms with van der Waals surface area (Å²) in [6.07, 6.45) is 2.79. The van der Waals surface area contributed by atoms with Crippen LogP contribution in [0.3, 0.4) is 0 Å². The van der Waals surface area contributed by atoms with Gasteiger partial charge in [-0.1, -0.05) is 0 Å². The van der Waals surface area contributed by atoms with Gasteiger partial charge in [0.05, 0.1) is 12.1 Å². The number of anilines is 1. The molecule has 0 aromatic carbocycles. The zero-order chi connectivity index (χ0) is 11.4. The first-order valence-electron chi connectivity index (χ1n) is 5.67. The molecule has 0 aliphatic carbocycles. The third-order valence-corrected chi connectivity index (χ3v) is 2.70. The highest BCUT2D eigenvalue weighted by molar-refractivity contribution is 5.32. The van der Waals surface area contributed by atoms with Crippen molar-refractivity contribution in [3.63, 3.8) is 0 Å². The summed E-state index contributed by atoms with van der Waals surface area (Å²) in [6.45, 7) is 6.71. The summed E-state index contributed by atoms with van der Waals surface area (Å²) < 4.78 is 5.34. The first kappa shape index (κ1) is 11.1. The predicted octanol–water partition coefficient (Wildman–Crippen LogP) is 1.04. The fraction of sp³-hybridized carbons (Fsp3) is 0.636. The molecule has 5 nitrogen and oxygen atoms in total. The minimum absolute atomic E-state index is 0.0465. The van der Waals surface area contributed by atoms with Crippen LogP contribution in [0.25, 0.3) is 0 Å². The number of rotatable bonds is 4. The fourth-order valence-corrected chi connectivity index (χ4v) is 1.82. The Morgan fingerprint density at radius 3 is 3.19 bits per heavy atom. The Morgan fingerprint density at radius 2 is 2.50 bits per heavy atom. The maximum atomic E-state index is 5.34. The molecular weight excluding hydrogens is 204 g/mol. The van der Waals surface area contributed by atoms with E-state index >= 15 is 0 Å². The molecule has 0 radical (unpaired) electrons. The van der Waals surface area contributed by atoms with Gasteiger partial charge in [0.25, 0.3) is 0 Å². The van der Waals surface area contributed by atoms with Gasteiger partial charge in [-0.3, -0.25) is 0 Å². The van der Waals surface area contributed by atoms with Crippen LogP contribution < -0.4 is 15.4 Å². The van der Waals surface area contributed by atoms with Crippen LogP contribution in [0.4, 0.5) is 5.95 Å². The highest BCUT2D eigenvalue weighted by Gasteiger charge is 2.28. The van der Waals surface area contributed by atoms with Crippen molar-refractivity contribution >= 4 is 5.95 Å². The molecule has 0 saturated carbocycles. The van der Waals surface area contributed by atoms with E-state index in [1.54, 1.807) is 12.3 Å². The van der Waals surface area contributed by atoms with Crippen LogP contribution >= 0.6 is 0 Å². The molecule has 1 aliphatic heterocycles. The van der Waals surface area contributed by atoms with Crippen molar-refractivity contribution < 1.29 is 4.74 Å². The average Bonchev–Trinajstić information content (AvgIpc) is 2.66. The maximum absolute atomic E-state index is 5.34. The minimum Gasteiger partial charge on any atom is -0.478 e. The van der Waals surface area contributed by atoms with Crippen LogP contribution in [0.2, 0.25) is 0 Å². The maximum Gasteiger partial charge on any atom is 0.226 e. The van der Waals surface area contributed by atoms with Gasteiger partial charge >= 0.3 is 0 Å². The molecular formula is C11H18N4O. The van der Waals surface area contributed by atoms with E-state index in [2.05, 4.69) is 27.5 Å². The molecule has 16 heavy (non-hydrogen) atoms. The molecule has 5 heteroatoms. The molecule has 1 fully saturated rings. The third-order valence-electron chi connectivity index (χ3n) is 2.70.